The predicted molar refractivity (Wildman–Crippen MR) is 381 cm³/mol. The molecule has 0 aliphatic carbocycles. The van der Waals surface area contributed by atoms with Gasteiger partial charge in [0.2, 0.25) is 0 Å². The van der Waals surface area contributed by atoms with Crippen LogP contribution in [0.15, 0.2) is 0 Å². The second kappa shape index (κ2) is 64.4. The number of phosphoric acid groups is 2. The highest BCUT2D eigenvalue weighted by Gasteiger charge is 2.30. The number of esters is 4. The molecule has 17 nitrogen and oxygen atoms in total. The molecule has 0 bridgehead atoms. The van der Waals surface area contributed by atoms with Gasteiger partial charge in [0.15, 0.2) is 12.2 Å². The van der Waals surface area contributed by atoms with E-state index in [-0.39, 0.29) is 25.7 Å². The number of ether oxygens (including phenoxy) is 4. The molecule has 0 fully saturated rings. The minimum absolute atomic E-state index is 0.105. The molecule has 5 unspecified atom stereocenters. The zero-order valence-electron chi connectivity index (χ0n) is 61.6. The minimum Gasteiger partial charge on any atom is -0.462 e. The van der Waals surface area contributed by atoms with Gasteiger partial charge < -0.3 is 33.8 Å². The second-order valence-electron chi connectivity index (χ2n) is 28.5. The molecule has 0 saturated heterocycles. The van der Waals surface area contributed by atoms with Crippen molar-refractivity contribution in [3.8, 4) is 0 Å². The van der Waals surface area contributed by atoms with Gasteiger partial charge in [0, 0.05) is 25.7 Å². The summed E-state index contributed by atoms with van der Waals surface area (Å²) < 4.78 is 68.5. The number of rotatable bonds is 72. The molecule has 0 radical (unpaired) electrons. The van der Waals surface area contributed by atoms with Crippen molar-refractivity contribution in [2.24, 2.45) is 23.7 Å². The van der Waals surface area contributed by atoms with Crippen LogP contribution in [0.1, 0.15) is 376 Å². The van der Waals surface area contributed by atoms with Crippen molar-refractivity contribution in [1.82, 2.24) is 0 Å². The lowest BCUT2D eigenvalue weighted by Crippen LogP contribution is -2.30. The van der Waals surface area contributed by atoms with Crippen molar-refractivity contribution in [3.63, 3.8) is 0 Å². The molecule has 0 aromatic rings. The van der Waals surface area contributed by atoms with Crippen LogP contribution in [-0.2, 0) is 65.4 Å². The van der Waals surface area contributed by atoms with Gasteiger partial charge in [-0.05, 0) is 49.4 Å². The highest BCUT2D eigenvalue weighted by Crippen LogP contribution is 2.45. The third-order valence-electron chi connectivity index (χ3n) is 18.0. The van der Waals surface area contributed by atoms with Gasteiger partial charge in [0.05, 0.1) is 26.4 Å². The van der Waals surface area contributed by atoms with Crippen LogP contribution in [0.4, 0.5) is 0 Å². The molecule has 0 spiro atoms. The normalized spacial score (nSPS) is 14.7. The Hall–Kier alpha value is -1.94. The van der Waals surface area contributed by atoms with Crippen molar-refractivity contribution in [2.45, 2.75) is 395 Å². The molecule has 0 heterocycles. The van der Waals surface area contributed by atoms with Gasteiger partial charge >= 0.3 is 39.5 Å². The molecule has 94 heavy (non-hydrogen) atoms. The molecular formula is C75H146O17P2. The van der Waals surface area contributed by atoms with E-state index in [0.29, 0.717) is 25.7 Å². The van der Waals surface area contributed by atoms with E-state index >= 15 is 0 Å². The average molecular weight is 1380 g/mol. The molecule has 0 aromatic carbocycles. The Morgan fingerprint density at radius 2 is 0.511 bits per heavy atom. The topological polar surface area (TPSA) is 237 Å². The van der Waals surface area contributed by atoms with Crippen LogP contribution >= 0.6 is 15.6 Å². The Labute approximate surface area is 575 Å². The maximum absolute atomic E-state index is 13.1. The van der Waals surface area contributed by atoms with E-state index in [0.717, 1.165) is 114 Å². The maximum atomic E-state index is 13.1. The number of carbonyl (C=O) groups is 4. The summed E-state index contributed by atoms with van der Waals surface area (Å²) in [4.78, 5) is 72.8. The first kappa shape index (κ1) is 92.1. The molecule has 0 aliphatic heterocycles. The van der Waals surface area contributed by atoms with Crippen LogP contribution in [-0.4, -0.2) is 96.7 Å². The maximum Gasteiger partial charge on any atom is 0.472 e. The molecule has 7 atom stereocenters. The molecule has 0 amide bonds. The lowest BCUT2D eigenvalue weighted by atomic mass is 9.99. The molecule has 558 valence electrons. The smallest absolute Gasteiger partial charge is 0.462 e. The summed E-state index contributed by atoms with van der Waals surface area (Å²) >= 11 is 0. The lowest BCUT2D eigenvalue weighted by molar-refractivity contribution is -0.161. The van der Waals surface area contributed by atoms with Gasteiger partial charge in [-0.1, -0.05) is 325 Å². The fourth-order valence-electron chi connectivity index (χ4n) is 11.3. The van der Waals surface area contributed by atoms with Crippen molar-refractivity contribution in [3.05, 3.63) is 0 Å². The summed E-state index contributed by atoms with van der Waals surface area (Å²) in [5.74, 6) is 0.979. The number of aliphatic hydroxyl groups excluding tert-OH is 1. The number of phosphoric ester groups is 2. The zero-order valence-corrected chi connectivity index (χ0v) is 63.4. The van der Waals surface area contributed by atoms with E-state index in [2.05, 4.69) is 55.4 Å². The fraction of sp³-hybridized carbons (Fsp3) is 0.947. The Balaban J connectivity index is 5.27. The van der Waals surface area contributed by atoms with Crippen molar-refractivity contribution in [2.75, 3.05) is 39.6 Å². The quantitative estimate of drug-likeness (QED) is 0.0222. The van der Waals surface area contributed by atoms with Gasteiger partial charge in [-0.15, -0.1) is 0 Å². The molecule has 19 heteroatoms. The predicted octanol–water partition coefficient (Wildman–Crippen LogP) is 21.7. The van der Waals surface area contributed by atoms with Gasteiger partial charge in [0.25, 0.3) is 0 Å². The SMILES string of the molecule is CCC(C)CCCCCCCCCCCCC(=O)O[C@H](COC(=O)CCCCCCCCCCC(C)C)COP(=O)(O)OCC(O)COP(=O)(O)OC[C@@H](COC(=O)CCCCCCCCCCC(C)CC)OC(=O)CCCCCCCCCCCCCCCCC(C)C. The summed E-state index contributed by atoms with van der Waals surface area (Å²) in [6, 6.07) is 0. The molecule has 3 N–H and O–H groups in total. The summed E-state index contributed by atoms with van der Waals surface area (Å²) in [6.45, 7) is 14.2. The first-order chi connectivity index (χ1) is 45.2. The standard InChI is InChI=1S/C75H146O17P2/c1-9-67(7)53-45-37-29-20-17-18-22-34-42-50-58-75(80)92-70(61-85-72(77)55-47-39-31-25-23-28-36-44-52-66(5)6)63-89-93(81,82)87-59-69(76)60-88-94(83,84)90-64-71(62-86-73(78)56-48-40-32-26-24-30-38-46-54-68(8)10-2)91-74(79)57-49-41-33-21-16-14-12-11-13-15-19-27-35-43-51-65(3)4/h65-71,76H,9-64H2,1-8H3,(H,81,82)(H,83,84)/t67?,68?,69?,70-,71-/m1/s1. The van der Waals surface area contributed by atoms with Gasteiger partial charge in [-0.25, -0.2) is 9.13 Å². The van der Waals surface area contributed by atoms with Crippen molar-refractivity contribution >= 4 is 39.5 Å². The number of unbranched alkanes of at least 4 members (excludes halogenated alkanes) is 36. The van der Waals surface area contributed by atoms with Crippen LogP contribution in [0.2, 0.25) is 0 Å². The van der Waals surface area contributed by atoms with Crippen LogP contribution in [0.25, 0.3) is 0 Å². The molecule has 0 aromatic heterocycles. The number of hydrogen-bond acceptors (Lipinski definition) is 15. The monoisotopic (exact) mass is 1380 g/mol. The molecular weight excluding hydrogens is 1230 g/mol. The molecule has 0 rings (SSSR count). The van der Waals surface area contributed by atoms with Crippen LogP contribution in [0, 0.1) is 23.7 Å². The summed E-state index contributed by atoms with van der Waals surface area (Å²) in [7, 11) is -9.91. The number of carbonyl (C=O) groups excluding carboxylic acids is 4. The van der Waals surface area contributed by atoms with Crippen molar-refractivity contribution < 1.29 is 80.2 Å². The van der Waals surface area contributed by atoms with Crippen LogP contribution in [0.3, 0.4) is 0 Å². The van der Waals surface area contributed by atoms with E-state index in [1.54, 1.807) is 0 Å². The summed E-state index contributed by atoms with van der Waals surface area (Å²) in [5, 5.41) is 10.6. The average Bonchev–Trinajstić information content (AvgIpc) is 1.19. The van der Waals surface area contributed by atoms with E-state index in [4.69, 9.17) is 37.0 Å². The largest absolute Gasteiger partial charge is 0.472 e. The molecule has 0 saturated carbocycles. The highest BCUT2D eigenvalue weighted by atomic mass is 31.2. The van der Waals surface area contributed by atoms with E-state index in [9.17, 15) is 43.2 Å². The number of hydrogen-bond donors (Lipinski definition) is 3. The summed E-state index contributed by atoms with van der Waals surface area (Å²) in [5.41, 5.74) is 0. The van der Waals surface area contributed by atoms with Gasteiger partial charge in [0.1, 0.15) is 19.3 Å². The van der Waals surface area contributed by atoms with E-state index in [1.807, 2.05) is 0 Å². The van der Waals surface area contributed by atoms with Crippen LogP contribution in [0.5, 0.6) is 0 Å². The Kier molecular flexibility index (Phi) is 63.1. The molecule has 0 aliphatic rings. The van der Waals surface area contributed by atoms with E-state index < -0.39 is 97.5 Å². The fourth-order valence-corrected chi connectivity index (χ4v) is 12.9. The van der Waals surface area contributed by atoms with E-state index in [1.165, 1.54) is 180 Å². The van der Waals surface area contributed by atoms with Crippen molar-refractivity contribution in [1.29, 1.82) is 0 Å². The summed E-state index contributed by atoms with van der Waals surface area (Å²) in [6.07, 6.45) is 48.4. The van der Waals surface area contributed by atoms with Crippen LogP contribution < -0.4 is 0 Å². The first-order valence-corrected chi connectivity index (χ1v) is 41.8. The Morgan fingerprint density at radius 3 is 0.755 bits per heavy atom. The second-order valence-corrected chi connectivity index (χ2v) is 31.4. The third-order valence-corrected chi connectivity index (χ3v) is 19.9. The Morgan fingerprint density at radius 1 is 0.298 bits per heavy atom. The minimum atomic E-state index is -4.96. The number of aliphatic hydroxyl groups is 1. The third kappa shape index (κ3) is 66.0. The lowest BCUT2D eigenvalue weighted by Gasteiger charge is -2.21. The first-order valence-electron chi connectivity index (χ1n) is 38.8. The van der Waals surface area contributed by atoms with Gasteiger partial charge in [-0.2, -0.15) is 0 Å². The Bertz CT molecular complexity index is 1850. The highest BCUT2D eigenvalue weighted by molar-refractivity contribution is 7.47. The zero-order chi connectivity index (χ0) is 69.6. The van der Waals surface area contributed by atoms with Gasteiger partial charge in [-0.3, -0.25) is 37.3 Å².